The highest BCUT2D eigenvalue weighted by Crippen LogP contribution is 2.44. The molecule has 0 spiro atoms. The number of hydrogen-bond donors (Lipinski definition) is 1. The minimum atomic E-state index is -3.60. The molecule has 1 unspecified atom stereocenters. The van der Waals surface area contributed by atoms with Crippen molar-refractivity contribution in [1.82, 2.24) is 19.8 Å². The predicted molar refractivity (Wildman–Crippen MR) is 104 cm³/mol. The smallest absolute Gasteiger partial charge is 0.299 e. The van der Waals surface area contributed by atoms with Crippen LogP contribution in [0.5, 0.6) is 0 Å². The van der Waals surface area contributed by atoms with Crippen LogP contribution in [0.4, 0.5) is 14.6 Å². The molecule has 0 saturated heterocycles. The summed E-state index contributed by atoms with van der Waals surface area (Å²) >= 11 is 0. The topological polar surface area (TPSA) is 96.8 Å². The Morgan fingerprint density at radius 1 is 1.47 bits per heavy atom. The fourth-order valence-electron chi connectivity index (χ4n) is 3.85. The van der Waals surface area contributed by atoms with Gasteiger partial charge in [0.2, 0.25) is 0 Å². The Hall–Kier alpha value is -2.88. The van der Waals surface area contributed by atoms with E-state index < -0.39 is 11.5 Å². The van der Waals surface area contributed by atoms with Crippen molar-refractivity contribution < 1.29 is 23.2 Å². The summed E-state index contributed by atoms with van der Waals surface area (Å²) in [6, 6.07) is 1.76. The number of alkyl halides is 2. The number of rotatable bonds is 6. The fraction of sp³-hybridized carbons (Fsp3) is 0.500. The maximum atomic E-state index is 14.2. The van der Waals surface area contributed by atoms with E-state index in [4.69, 9.17) is 4.52 Å². The molecule has 2 aliphatic rings. The lowest BCUT2D eigenvalue weighted by molar-refractivity contribution is -0.148. The summed E-state index contributed by atoms with van der Waals surface area (Å²) in [6.07, 6.45) is 2.27. The number of carbonyl (C=O) groups excluding carboxylic acids is 1. The van der Waals surface area contributed by atoms with E-state index in [1.54, 1.807) is 22.6 Å². The van der Waals surface area contributed by atoms with Crippen LogP contribution in [0.2, 0.25) is 0 Å². The summed E-state index contributed by atoms with van der Waals surface area (Å²) in [5.41, 5.74) is -2.01. The number of halogens is 2. The number of fused-ring (bicyclic) bond motifs is 1. The van der Waals surface area contributed by atoms with Gasteiger partial charge in [-0.2, -0.15) is 13.9 Å². The Bertz CT molecular complexity index is 1020. The molecule has 1 amide bonds. The molecule has 1 fully saturated rings. The molecule has 10 heteroatoms. The number of aliphatic imine (C=N–C) groups is 1. The highest BCUT2D eigenvalue weighted by molar-refractivity contribution is 5.93. The van der Waals surface area contributed by atoms with E-state index in [1.807, 2.05) is 0 Å². The molecule has 1 aliphatic heterocycles. The van der Waals surface area contributed by atoms with Crippen molar-refractivity contribution >= 4 is 18.4 Å². The minimum Gasteiger partial charge on any atom is -0.377 e. The number of aliphatic hydroxyl groups is 1. The molecular weight excluding hydrogens is 396 g/mol. The van der Waals surface area contributed by atoms with Crippen LogP contribution in [-0.2, 0) is 12.1 Å². The van der Waals surface area contributed by atoms with Gasteiger partial charge < -0.3 is 14.5 Å². The lowest BCUT2D eigenvalue weighted by atomic mass is 9.84. The number of carbonyl (C=O) groups is 1. The van der Waals surface area contributed by atoms with Gasteiger partial charge in [0.05, 0.1) is 12.6 Å². The third-order valence-corrected chi connectivity index (χ3v) is 5.77. The van der Waals surface area contributed by atoms with Gasteiger partial charge in [0.25, 0.3) is 11.8 Å². The van der Waals surface area contributed by atoms with Crippen molar-refractivity contribution in [3.63, 3.8) is 0 Å². The Balaban J connectivity index is 1.65. The van der Waals surface area contributed by atoms with Gasteiger partial charge in [0.1, 0.15) is 11.4 Å². The first kappa shape index (κ1) is 20.4. The summed E-state index contributed by atoms with van der Waals surface area (Å²) < 4.78 is 35.5. The molecule has 30 heavy (non-hydrogen) atoms. The summed E-state index contributed by atoms with van der Waals surface area (Å²) in [5, 5.41) is 18.6. The first-order valence-electron chi connectivity index (χ1n) is 9.69. The molecule has 160 valence electrons. The van der Waals surface area contributed by atoms with Crippen LogP contribution in [0.25, 0.3) is 0 Å². The highest BCUT2D eigenvalue weighted by Gasteiger charge is 2.52. The van der Waals surface area contributed by atoms with Gasteiger partial charge in [-0.05, 0) is 32.6 Å². The number of amides is 1. The van der Waals surface area contributed by atoms with Crippen LogP contribution >= 0.6 is 0 Å². The first-order valence-corrected chi connectivity index (χ1v) is 9.69. The molecule has 2 aromatic heterocycles. The van der Waals surface area contributed by atoms with Gasteiger partial charge in [-0.1, -0.05) is 18.7 Å². The lowest BCUT2D eigenvalue weighted by Gasteiger charge is -2.33. The zero-order chi connectivity index (χ0) is 21.8. The molecule has 1 aliphatic carbocycles. The van der Waals surface area contributed by atoms with Crippen LogP contribution < -0.4 is 0 Å². The minimum absolute atomic E-state index is 0.0495. The quantitative estimate of drug-likeness (QED) is 0.572. The molecule has 0 radical (unpaired) electrons. The molecule has 4 rings (SSSR count). The van der Waals surface area contributed by atoms with Crippen molar-refractivity contribution in [2.24, 2.45) is 4.99 Å². The second-order valence-electron chi connectivity index (χ2n) is 8.08. The van der Waals surface area contributed by atoms with E-state index in [9.17, 15) is 18.7 Å². The van der Waals surface area contributed by atoms with E-state index in [0.717, 1.165) is 19.8 Å². The van der Waals surface area contributed by atoms with E-state index in [-0.39, 0.29) is 42.4 Å². The van der Waals surface area contributed by atoms with Crippen molar-refractivity contribution in [2.75, 3.05) is 6.54 Å². The number of nitrogens with zero attached hydrogens (tertiary/aromatic N) is 5. The Morgan fingerprint density at radius 2 is 2.17 bits per heavy atom. The molecule has 1 saturated carbocycles. The number of aromatic nitrogens is 3. The summed E-state index contributed by atoms with van der Waals surface area (Å²) in [5.74, 6) is -3.59. The monoisotopic (exact) mass is 419 g/mol. The largest absolute Gasteiger partial charge is 0.377 e. The predicted octanol–water partition coefficient (Wildman–Crippen LogP) is 3.33. The molecule has 0 aromatic carbocycles. The zero-order valence-corrected chi connectivity index (χ0v) is 16.8. The Morgan fingerprint density at radius 3 is 2.77 bits per heavy atom. The SMILES string of the molecule is C=CC(F)(F)C(C)(O)c1noc2c1[C@@H](C)CN(C(=O)c1cc(N=C)nn1C1CC1)C2. The second kappa shape index (κ2) is 6.83. The number of hydrogen-bond acceptors (Lipinski definition) is 6. The summed E-state index contributed by atoms with van der Waals surface area (Å²) in [4.78, 5) is 18.6. The van der Waals surface area contributed by atoms with Gasteiger partial charge in [-0.15, -0.1) is 0 Å². The van der Waals surface area contributed by atoms with Crippen molar-refractivity contribution in [3.05, 3.63) is 41.4 Å². The third-order valence-electron chi connectivity index (χ3n) is 5.77. The van der Waals surface area contributed by atoms with E-state index in [2.05, 4.69) is 28.5 Å². The van der Waals surface area contributed by atoms with Gasteiger partial charge in [0, 0.05) is 24.1 Å². The average Bonchev–Trinajstić information content (AvgIpc) is 3.30. The van der Waals surface area contributed by atoms with Gasteiger partial charge in [-0.25, -0.2) is 4.99 Å². The normalized spacial score (nSPS) is 21.1. The summed E-state index contributed by atoms with van der Waals surface area (Å²) in [7, 11) is 0. The first-order chi connectivity index (χ1) is 14.1. The molecular formula is C20H23F2N5O3. The van der Waals surface area contributed by atoms with Crippen LogP contribution in [0.1, 0.15) is 66.2 Å². The fourth-order valence-corrected chi connectivity index (χ4v) is 3.85. The van der Waals surface area contributed by atoms with Crippen LogP contribution in [0, 0.1) is 0 Å². The lowest BCUT2D eigenvalue weighted by Crippen LogP contribution is -2.44. The van der Waals surface area contributed by atoms with Crippen LogP contribution in [0.3, 0.4) is 0 Å². The maximum Gasteiger partial charge on any atom is 0.299 e. The zero-order valence-electron chi connectivity index (χ0n) is 16.8. The van der Waals surface area contributed by atoms with Crippen LogP contribution in [0.15, 0.2) is 28.2 Å². The molecule has 2 atom stereocenters. The van der Waals surface area contributed by atoms with Gasteiger partial charge >= 0.3 is 0 Å². The van der Waals surface area contributed by atoms with Crippen LogP contribution in [-0.4, -0.2) is 50.0 Å². The maximum absolute atomic E-state index is 14.2. The van der Waals surface area contributed by atoms with E-state index >= 15 is 0 Å². The second-order valence-corrected chi connectivity index (χ2v) is 8.08. The van der Waals surface area contributed by atoms with Crippen molar-refractivity contribution in [2.45, 2.75) is 56.7 Å². The van der Waals surface area contributed by atoms with Gasteiger partial charge in [-0.3, -0.25) is 9.48 Å². The molecule has 1 N–H and O–H groups in total. The molecule has 3 heterocycles. The van der Waals surface area contributed by atoms with E-state index in [0.29, 0.717) is 23.2 Å². The van der Waals surface area contributed by atoms with Crippen molar-refractivity contribution in [3.8, 4) is 0 Å². The van der Waals surface area contributed by atoms with E-state index in [1.165, 1.54) is 0 Å². The summed E-state index contributed by atoms with van der Waals surface area (Å²) in [6.45, 7) is 9.63. The third kappa shape index (κ3) is 3.06. The molecule has 8 nitrogen and oxygen atoms in total. The molecule has 0 bridgehead atoms. The Kier molecular flexibility index (Phi) is 4.64. The average molecular weight is 419 g/mol. The highest BCUT2D eigenvalue weighted by atomic mass is 19.3. The molecule has 2 aromatic rings. The van der Waals surface area contributed by atoms with Crippen molar-refractivity contribution in [1.29, 1.82) is 0 Å². The Labute approximate surface area is 171 Å². The van der Waals surface area contributed by atoms with Gasteiger partial charge in [0.15, 0.2) is 17.2 Å². The standard InChI is InChI=1S/C20H23F2N5O3/c1-5-20(21,22)19(3,29)17-16-11(2)9-26(10-14(16)30-25-17)18(28)13-8-15(23-4)24-27(13)12-6-7-12/h5,8,11-12,29H,1,4,6-7,9-10H2,2-3H3/t11-,19?/m0/s1.